The van der Waals surface area contributed by atoms with E-state index in [1.807, 2.05) is 49.4 Å². The van der Waals surface area contributed by atoms with Crippen LogP contribution in [0.1, 0.15) is 6.92 Å². The third-order valence-electron chi connectivity index (χ3n) is 2.53. The van der Waals surface area contributed by atoms with Crippen molar-refractivity contribution in [1.29, 1.82) is 0 Å². The summed E-state index contributed by atoms with van der Waals surface area (Å²) in [5.74, 6) is 0.876. The van der Waals surface area contributed by atoms with E-state index in [1.165, 1.54) is 0 Å². The van der Waals surface area contributed by atoms with E-state index in [2.05, 4.69) is 12.6 Å². The minimum Gasteiger partial charge on any atom is -0.493 e. The summed E-state index contributed by atoms with van der Waals surface area (Å²) in [5, 5.41) is 0. The Morgan fingerprint density at radius 1 is 1.18 bits per heavy atom. The third kappa shape index (κ3) is 2.56. The van der Waals surface area contributed by atoms with Crippen LogP contribution in [0.15, 0.2) is 47.4 Å². The van der Waals surface area contributed by atoms with Gasteiger partial charge in [-0.2, -0.15) is 0 Å². The second-order valence-electron chi connectivity index (χ2n) is 3.70. The van der Waals surface area contributed by atoms with Crippen molar-refractivity contribution >= 4 is 18.3 Å². The van der Waals surface area contributed by atoms with E-state index in [1.54, 1.807) is 0 Å². The van der Waals surface area contributed by atoms with Crippen LogP contribution in [-0.2, 0) is 0 Å². The zero-order chi connectivity index (χ0) is 12.3. The zero-order valence-corrected chi connectivity index (χ0v) is 10.6. The lowest BCUT2D eigenvalue weighted by Gasteiger charge is -2.11. The molecule has 0 bridgehead atoms. The topological polar surface area (TPSA) is 35.2 Å². The van der Waals surface area contributed by atoms with Crippen LogP contribution in [0, 0.1) is 0 Å². The highest BCUT2D eigenvalue weighted by Crippen LogP contribution is 2.32. The van der Waals surface area contributed by atoms with Crippen LogP contribution in [0.5, 0.6) is 5.75 Å². The molecule has 2 aromatic rings. The number of rotatable bonds is 3. The number of hydrogen-bond donors (Lipinski definition) is 2. The second kappa shape index (κ2) is 5.15. The summed E-state index contributed by atoms with van der Waals surface area (Å²) < 4.78 is 5.60. The van der Waals surface area contributed by atoms with Crippen LogP contribution < -0.4 is 10.5 Å². The summed E-state index contributed by atoms with van der Waals surface area (Å²) in [5.41, 5.74) is 8.64. The van der Waals surface area contributed by atoms with Gasteiger partial charge in [0, 0.05) is 16.1 Å². The van der Waals surface area contributed by atoms with E-state index in [9.17, 15) is 0 Å². The molecule has 2 aromatic carbocycles. The Balaban J connectivity index is 2.48. The van der Waals surface area contributed by atoms with Crippen molar-refractivity contribution in [3.8, 4) is 16.9 Å². The molecule has 0 saturated heterocycles. The number of anilines is 1. The molecule has 0 unspecified atom stereocenters. The van der Waals surface area contributed by atoms with E-state index in [0.717, 1.165) is 21.8 Å². The molecule has 0 saturated carbocycles. The van der Waals surface area contributed by atoms with E-state index in [4.69, 9.17) is 10.5 Å². The lowest BCUT2D eigenvalue weighted by molar-refractivity contribution is 0.341. The molecule has 2 nitrogen and oxygen atoms in total. The number of benzene rings is 2. The monoisotopic (exact) mass is 245 g/mol. The predicted molar refractivity (Wildman–Crippen MR) is 74.7 cm³/mol. The van der Waals surface area contributed by atoms with Crippen LogP contribution in [0.4, 0.5) is 5.69 Å². The molecular weight excluding hydrogens is 230 g/mol. The fourth-order valence-electron chi connectivity index (χ4n) is 1.71. The van der Waals surface area contributed by atoms with Crippen molar-refractivity contribution < 1.29 is 4.74 Å². The Hall–Kier alpha value is -1.61. The van der Waals surface area contributed by atoms with Crippen LogP contribution in [-0.4, -0.2) is 6.61 Å². The van der Waals surface area contributed by atoms with Crippen LogP contribution in [0.3, 0.4) is 0 Å². The summed E-state index contributed by atoms with van der Waals surface area (Å²) in [6.45, 7) is 2.62. The van der Waals surface area contributed by atoms with Crippen molar-refractivity contribution in [1.82, 2.24) is 0 Å². The normalized spacial score (nSPS) is 10.2. The standard InChI is InChI=1S/C14H15NOS/c1-2-16-13-6-4-3-5-11(13)10-7-8-14(17)12(15)9-10/h3-9,17H,2,15H2,1H3. The highest BCUT2D eigenvalue weighted by atomic mass is 32.1. The van der Waals surface area contributed by atoms with Gasteiger partial charge in [0.15, 0.2) is 0 Å². The van der Waals surface area contributed by atoms with Gasteiger partial charge in [-0.3, -0.25) is 0 Å². The average Bonchev–Trinajstić information content (AvgIpc) is 2.34. The molecule has 2 N–H and O–H groups in total. The SMILES string of the molecule is CCOc1ccccc1-c1ccc(S)c(N)c1. The maximum Gasteiger partial charge on any atom is 0.127 e. The minimum atomic E-state index is 0.650. The van der Waals surface area contributed by atoms with Gasteiger partial charge in [-0.15, -0.1) is 12.6 Å². The number of thiol groups is 1. The van der Waals surface area contributed by atoms with Gasteiger partial charge in [0.05, 0.1) is 6.61 Å². The highest BCUT2D eigenvalue weighted by molar-refractivity contribution is 7.80. The zero-order valence-electron chi connectivity index (χ0n) is 9.68. The van der Waals surface area contributed by atoms with Gasteiger partial charge in [0.2, 0.25) is 0 Å². The van der Waals surface area contributed by atoms with Crippen LogP contribution in [0.2, 0.25) is 0 Å². The van der Waals surface area contributed by atoms with Crippen LogP contribution in [0.25, 0.3) is 11.1 Å². The molecule has 0 spiro atoms. The summed E-state index contributed by atoms with van der Waals surface area (Å²) >= 11 is 4.27. The lowest BCUT2D eigenvalue weighted by Crippen LogP contribution is -1.94. The molecule has 2 rings (SSSR count). The first-order chi connectivity index (χ1) is 8.22. The van der Waals surface area contributed by atoms with E-state index in [-0.39, 0.29) is 0 Å². The molecule has 0 aromatic heterocycles. The molecule has 0 heterocycles. The maximum absolute atomic E-state index is 5.86. The molecular formula is C14H15NOS. The number of hydrogen-bond acceptors (Lipinski definition) is 3. The first-order valence-corrected chi connectivity index (χ1v) is 5.97. The first kappa shape index (κ1) is 11.9. The second-order valence-corrected chi connectivity index (χ2v) is 4.18. The lowest BCUT2D eigenvalue weighted by atomic mass is 10.0. The predicted octanol–water partition coefficient (Wildman–Crippen LogP) is 3.62. The average molecular weight is 245 g/mol. The van der Waals surface area contributed by atoms with Crippen LogP contribution >= 0.6 is 12.6 Å². The van der Waals surface area contributed by atoms with Gasteiger partial charge >= 0.3 is 0 Å². The summed E-state index contributed by atoms with van der Waals surface area (Å²) in [4.78, 5) is 0.794. The van der Waals surface area contributed by atoms with Gasteiger partial charge < -0.3 is 10.5 Å². The molecule has 17 heavy (non-hydrogen) atoms. The number of nitrogens with two attached hydrogens (primary N) is 1. The fraction of sp³-hybridized carbons (Fsp3) is 0.143. The molecule has 0 atom stereocenters. The van der Waals surface area contributed by atoms with E-state index >= 15 is 0 Å². The molecule has 88 valence electrons. The largest absolute Gasteiger partial charge is 0.493 e. The van der Waals surface area contributed by atoms with E-state index in [0.29, 0.717) is 12.3 Å². The molecule has 0 aliphatic heterocycles. The molecule has 0 aliphatic rings. The Morgan fingerprint density at radius 3 is 2.65 bits per heavy atom. The fourth-order valence-corrected chi connectivity index (χ4v) is 1.85. The van der Waals surface area contributed by atoms with Gasteiger partial charge in [-0.1, -0.05) is 24.3 Å². The Labute approximate surface area is 107 Å². The number of nitrogen functional groups attached to an aromatic ring is 1. The summed E-state index contributed by atoms with van der Waals surface area (Å²) in [6, 6.07) is 13.8. The van der Waals surface area contributed by atoms with Crippen molar-refractivity contribution in [2.45, 2.75) is 11.8 Å². The van der Waals surface area contributed by atoms with Gasteiger partial charge in [0.25, 0.3) is 0 Å². The smallest absolute Gasteiger partial charge is 0.127 e. The maximum atomic E-state index is 5.86. The van der Waals surface area contributed by atoms with Crippen molar-refractivity contribution in [2.24, 2.45) is 0 Å². The van der Waals surface area contributed by atoms with Crippen molar-refractivity contribution in [2.75, 3.05) is 12.3 Å². The van der Waals surface area contributed by atoms with Gasteiger partial charge in [-0.05, 0) is 30.7 Å². The number of para-hydroxylation sites is 1. The van der Waals surface area contributed by atoms with Crippen molar-refractivity contribution in [3.05, 3.63) is 42.5 Å². The molecule has 3 heteroatoms. The summed E-state index contributed by atoms with van der Waals surface area (Å²) in [7, 11) is 0. The van der Waals surface area contributed by atoms with Gasteiger partial charge in [0.1, 0.15) is 5.75 Å². The quantitative estimate of drug-likeness (QED) is 0.640. The van der Waals surface area contributed by atoms with Crippen molar-refractivity contribution in [3.63, 3.8) is 0 Å². The molecule has 0 amide bonds. The molecule has 0 aliphatic carbocycles. The Kier molecular flexibility index (Phi) is 3.59. The van der Waals surface area contributed by atoms with Gasteiger partial charge in [-0.25, -0.2) is 0 Å². The Bertz CT molecular complexity index is 525. The molecule has 0 fully saturated rings. The third-order valence-corrected chi connectivity index (χ3v) is 2.93. The first-order valence-electron chi connectivity index (χ1n) is 5.53. The Morgan fingerprint density at radius 2 is 1.94 bits per heavy atom. The highest BCUT2D eigenvalue weighted by Gasteiger charge is 2.06. The van der Waals surface area contributed by atoms with E-state index < -0.39 is 0 Å². The molecule has 0 radical (unpaired) electrons. The number of ether oxygens (including phenoxy) is 1. The summed E-state index contributed by atoms with van der Waals surface area (Å²) in [6.07, 6.45) is 0. The minimum absolute atomic E-state index is 0.650.